The molecule has 0 N–H and O–H groups in total. The van der Waals surface area contributed by atoms with Crippen LogP contribution in [0.25, 0.3) is 0 Å². The van der Waals surface area contributed by atoms with E-state index in [4.69, 9.17) is 11.6 Å². The lowest BCUT2D eigenvalue weighted by Crippen LogP contribution is -2.30. The van der Waals surface area contributed by atoms with Crippen molar-refractivity contribution >= 4 is 17.4 Å². The number of hydrogen-bond acceptors (Lipinski definition) is 3. The van der Waals surface area contributed by atoms with Gasteiger partial charge in [0.05, 0.1) is 11.4 Å². The molecule has 1 aromatic rings. The molecule has 0 spiro atoms. The lowest BCUT2D eigenvalue weighted by Gasteiger charge is -2.26. The highest BCUT2D eigenvalue weighted by Crippen LogP contribution is 2.24. The van der Waals surface area contributed by atoms with Crippen molar-refractivity contribution in [3.8, 4) is 0 Å². The van der Waals surface area contributed by atoms with Crippen molar-refractivity contribution in [3.05, 3.63) is 16.5 Å². The van der Waals surface area contributed by atoms with E-state index < -0.39 is 0 Å². The summed E-state index contributed by atoms with van der Waals surface area (Å²) in [7, 11) is 2.02. The van der Waals surface area contributed by atoms with E-state index in [-0.39, 0.29) is 0 Å². The highest BCUT2D eigenvalue weighted by atomic mass is 35.5. The van der Waals surface area contributed by atoms with E-state index in [0.717, 1.165) is 30.0 Å². The number of rotatable bonds is 4. The first-order chi connectivity index (χ1) is 7.47. The molecule has 0 fully saturated rings. The molecule has 16 heavy (non-hydrogen) atoms. The van der Waals surface area contributed by atoms with Gasteiger partial charge in [0.25, 0.3) is 0 Å². The van der Waals surface area contributed by atoms with Crippen molar-refractivity contribution in [3.63, 3.8) is 0 Å². The van der Waals surface area contributed by atoms with Crippen molar-refractivity contribution in [2.75, 3.05) is 11.9 Å². The van der Waals surface area contributed by atoms with Crippen LogP contribution in [0.2, 0.25) is 5.15 Å². The maximum absolute atomic E-state index is 6.13. The van der Waals surface area contributed by atoms with Crippen LogP contribution in [-0.4, -0.2) is 23.1 Å². The van der Waals surface area contributed by atoms with Gasteiger partial charge in [-0.1, -0.05) is 24.9 Å². The minimum atomic E-state index is 0.430. The Morgan fingerprint density at radius 3 is 2.38 bits per heavy atom. The van der Waals surface area contributed by atoms with Gasteiger partial charge in [0.15, 0.2) is 11.0 Å². The lowest BCUT2D eigenvalue weighted by molar-refractivity contribution is 0.609. The largest absolute Gasteiger partial charge is 0.354 e. The molecule has 0 aromatic carbocycles. The predicted octanol–water partition coefficient (Wildman–Crippen LogP) is 3.37. The Balaban J connectivity index is 2.99. The molecule has 1 heterocycles. The van der Waals surface area contributed by atoms with E-state index in [2.05, 4.69) is 28.7 Å². The molecule has 1 atom stereocenters. The SMILES string of the molecule is CCCC(C)N(C)c1nc(C)c(C)nc1Cl. The van der Waals surface area contributed by atoms with E-state index in [9.17, 15) is 0 Å². The Morgan fingerprint density at radius 1 is 1.25 bits per heavy atom. The summed E-state index contributed by atoms with van der Waals surface area (Å²) in [6, 6.07) is 0.430. The number of aryl methyl sites for hydroxylation is 2. The van der Waals surface area contributed by atoms with Crippen LogP contribution in [0.4, 0.5) is 5.82 Å². The average Bonchev–Trinajstić information content (AvgIpc) is 2.23. The van der Waals surface area contributed by atoms with Crippen molar-refractivity contribution in [2.24, 2.45) is 0 Å². The number of hydrogen-bond donors (Lipinski definition) is 0. The normalized spacial score (nSPS) is 12.6. The Bertz CT molecular complexity index is 366. The van der Waals surface area contributed by atoms with Gasteiger partial charge in [-0.25, -0.2) is 9.97 Å². The number of aromatic nitrogens is 2. The van der Waals surface area contributed by atoms with Gasteiger partial charge < -0.3 is 4.90 Å². The van der Waals surface area contributed by atoms with E-state index >= 15 is 0 Å². The molecule has 1 rings (SSSR count). The standard InChI is InChI=1S/C12H20ClN3/c1-6-7-8(2)16(5)12-11(13)14-9(3)10(4)15-12/h8H,6-7H2,1-5H3. The summed E-state index contributed by atoms with van der Waals surface area (Å²) in [5.41, 5.74) is 1.83. The third-order valence-electron chi connectivity index (χ3n) is 2.95. The molecule has 90 valence electrons. The van der Waals surface area contributed by atoms with Gasteiger partial charge in [-0.2, -0.15) is 0 Å². The summed E-state index contributed by atoms with van der Waals surface area (Å²) in [5.74, 6) is 0.783. The first-order valence-corrected chi connectivity index (χ1v) is 6.08. The molecule has 0 bridgehead atoms. The van der Waals surface area contributed by atoms with Crippen molar-refractivity contribution < 1.29 is 0 Å². The van der Waals surface area contributed by atoms with Gasteiger partial charge >= 0.3 is 0 Å². The first kappa shape index (κ1) is 13.2. The average molecular weight is 242 g/mol. The Morgan fingerprint density at radius 2 is 1.81 bits per heavy atom. The lowest BCUT2D eigenvalue weighted by atomic mass is 10.2. The minimum Gasteiger partial charge on any atom is -0.354 e. The summed E-state index contributed by atoms with van der Waals surface area (Å²) in [6.45, 7) is 8.24. The van der Waals surface area contributed by atoms with Gasteiger partial charge in [-0.05, 0) is 27.2 Å². The van der Waals surface area contributed by atoms with E-state index in [1.165, 1.54) is 0 Å². The van der Waals surface area contributed by atoms with E-state index in [0.29, 0.717) is 11.2 Å². The highest BCUT2D eigenvalue weighted by molar-refractivity contribution is 6.31. The van der Waals surface area contributed by atoms with Gasteiger partial charge in [0.1, 0.15) is 0 Å². The number of anilines is 1. The second kappa shape index (κ2) is 5.48. The molecule has 0 aliphatic heterocycles. The molecule has 0 aliphatic rings. The predicted molar refractivity (Wildman–Crippen MR) is 69.3 cm³/mol. The van der Waals surface area contributed by atoms with Crippen LogP contribution in [0.5, 0.6) is 0 Å². The quantitative estimate of drug-likeness (QED) is 0.809. The van der Waals surface area contributed by atoms with Gasteiger partial charge in [-0.15, -0.1) is 0 Å². The van der Waals surface area contributed by atoms with Crippen molar-refractivity contribution in [1.82, 2.24) is 9.97 Å². The summed E-state index contributed by atoms with van der Waals surface area (Å²) in [4.78, 5) is 10.9. The van der Waals surface area contributed by atoms with Crippen molar-refractivity contribution in [2.45, 2.75) is 46.6 Å². The fraction of sp³-hybridized carbons (Fsp3) is 0.667. The molecule has 4 heteroatoms. The monoisotopic (exact) mass is 241 g/mol. The fourth-order valence-electron chi connectivity index (χ4n) is 1.61. The van der Waals surface area contributed by atoms with Gasteiger partial charge in [0, 0.05) is 13.1 Å². The van der Waals surface area contributed by atoms with Crippen LogP contribution in [0.1, 0.15) is 38.1 Å². The second-order valence-electron chi connectivity index (χ2n) is 4.26. The zero-order valence-electron chi connectivity index (χ0n) is 10.7. The van der Waals surface area contributed by atoms with Crippen LogP contribution >= 0.6 is 11.6 Å². The third-order valence-corrected chi connectivity index (χ3v) is 3.20. The molecule has 0 saturated carbocycles. The maximum Gasteiger partial charge on any atom is 0.171 e. The van der Waals surface area contributed by atoms with Gasteiger partial charge in [-0.3, -0.25) is 0 Å². The fourth-order valence-corrected chi connectivity index (χ4v) is 1.91. The molecular weight excluding hydrogens is 222 g/mol. The van der Waals surface area contributed by atoms with Crippen LogP contribution in [0.3, 0.4) is 0 Å². The molecule has 1 aromatic heterocycles. The maximum atomic E-state index is 6.13. The van der Waals surface area contributed by atoms with Crippen LogP contribution in [0, 0.1) is 13.8 Å². The van der Waals surface area contributed by atoms with E-state index in [1.54, 1.807) is 0 Å². The zero-order valence-corrected chi connectivity index (χ0v) is 11.5. The zero-order chi connectivity index (χ0) is 12.3. The smallest absolute Gasteiger partial charge is 0.171 e. The second-order valence-corrected chi connectivity index (χ2v) is 4.62. The summed E-state index contributed by atoms with van der Waals surface area (Å²) in [6.07, 6.45) is 2.28. The minimum absolute atomic E-state index is 0.430. The van der Waals surface area contributed by atoms with Crippen LogP contribution in [-0.2, 0) is 0 Å². The molecule has 0 radical (unpaired) electrons. The van der Waals surface area contributed by atoms with Crippen molar-refractivity contribution in [1.29, 1.82) is 0 Å². The van der Waals surface area contributed by atoms with Crippen LogP contribution in [0.15, 0.2) is 0 Å². The number of halogens is 1. The number of nitrogens with zero attached hydrogens (tertiary/aromatic N) is 3. The molecular formula is C12H20ClN3. The Kier molecular flexibility index (Phi) is 4.54. The molecule has 3 nitrogen and oxygen atoms in total. The van der Waals surface area contributed by atoms with Crippen LogP contribution < -0.4 is 4.90 Å². The molecule has 1 unspecified atom stereocenters. The molecule has 0 amide bonds. The summed E-state index contributed by atoms with van der Waals surface area (Å²) >= 11 is 6.13. The van der Waals surface area contributed by atoms with Gasteiger partial charge in [0.2, 0.25) is 0 Å². The first-order valence-electron chi connectivity index (χ1n) is 5.71. The topological polar surface area (TPSA) is 29.0 Å². The Hall–Kier alpha value is -0.830. The summed E-state index contributed by atoms with van der Waals surface area (Å²) < 4.78 is 0. The molecule has 0 aliphatic carbocycles. The van der Waals surface area contributed by atoms with E-state index in [1.807, 2.05) is 20.9 Å². The highest BCUT2D eigenvalue weighted by Gasteiger charge is 2.15. The summed E-state index contributed by atoms with van der Waals surface area (Å²) in [5, 5.41) is 0.494. The Labute approximate surface area is 103 Å². The third kappa shape index (κ3) is 2.85. The molecule has 0 saturated heterocycles.